The molecule has 3 N–H and O–H groups in total. The van der Waals surface area contributed by atoms with Crippen molar-refractivity contribution in [2.24, 2.45) is 5.92 Å². The number of sulfonamides is 1. The smallest absolute Gasteiger partial charge is 0.240 e. The van der Waals surface area contributed by atoms with E-state index in [1.165, 1.54) is 6.20 Å². The molecule has 2 unspecified atom stereocenters. The number of rotatable bonds is 7. The Kier molecular flexibility index (Phi) is 6.96. The second-order valence-electron chi connectivity index (χ2n) is 6.98. The van der Waals surface area contributed by atoms with E-state index < -0.39 is 10.0 Å². The highest BCUT2D eigenvalue weighted by Gasteiger charge is 2.32. The van der Waals surface area contributed by atoms with Gasteiger partial charge in [-0.2, -0.15) is 0 Å². The first kappa shape index (κ1) is 21.5. The van der Waals surface area contributed by atoms with E-state index in [1.54, 1.807) is 30.3 Å². The van der Waals surface area contributed by atoms with Gasteiger partial charge in [-0.15, -0.1) is 0 Å². The van der Waals surface area contributed by atoms with Crippen molar-refractivity contribution in [1.29, 1.82) is 0 Å². The summed E-state index contributed by atoms with van der Waals surface area (Å²) in [4.78, 5) is 4.40. The van der Waals surface area contributed by atoms with Crippen LogP contribution < -0.4 is 10.0 Å². The van der Waals surface area contributed by atoms with Crippen LogP contribution >= 0.6 is 23.2 Å². The zero-order valence-corrected chi connectivity index (χ0v) is 17.7. The van der Waals surface area contributed by atoms with Gasteiger partial charge in [0.25, 0.3) is 0 Å². The number of nitrogens with zero attached hydrogens (tertiary/aromatic N) is 1. The molecule has 28 heavy (non-hydrogen) atoms. The van der Waals surface area contributed by atoms with E-state index in [4.69, 9.17) is 23.2 Å². The van der Waals surface area contributed by atoms with E-state index in [2.05, 4.69) is 15.0 Å². The van der Waals surface area contributed by atoms with Gasteiger partial charge in [-0.05, 0) is 50.4 Å². The molecule has 0 spiro atoms. The molecule has 1 aromatic heterocycles. The average molecular weight is 444 g/mol. The normalized spacial score (nSPS) is 21.0. The molecule has 9 heteroatoms. The third kappa shape index (κ3) is 4.84. The number of pyridine rings is 1. The van der Waals surface area contributed by atoms with Gasteiger partial charge >= 0.3 is 0 Å². The SMILES string of the molecule is CN[C@@H](CO)C1CCC(NS(=O)(=O)c2ccc(-c3ncc(Cl)cc3Cl)cc2)C1. The van der Waals surface area contributed by atoms with Crippen molar-refractivity contribution in [2.75, 3.05) is 13.7 Å². The standard InChI is InChI=1S/C19H23Cl2N3O3S/c1-22-18(11-25)13-2-5-15(8-13)24-28(26,27)16-6-3-12(4-7-16)19-17(21)9-14(20)10-23-19/h3-4,6-7,9-10,13,15,18,22,24-25H,2,5,8,11H2,1H3/t13?,15?,18-/m0/s1. The van der Waals surface area contributed by atoms with Crippen molar-refractivity contribution in [3.05, 3.63) is 46.6 Å². The summed E-state index contributed by atoms with van der Waals surface area (Å²) in [5, 5.41) is 13.3. The fourth-order valence-corrected chi connectivity index (χ4v) is 5.44. The highest BCUT2D eigenvalue weighted by Crippen LogP contribution is 2.31. The lowest BCUT2D eigenvalue weighted by Gasteiger charge is -2.21. The second kappa shape index (κ2) is 9.07. The molecule has 152 valence electrons. The molecule has 0 bridgehead atoms. The van der Waals surface area contributed by atoms with Crippen molar-refractivity contribution in [1.82, 2.24) is 15.0 Å². The van der Waals surface area contributed by atoms with E-state index in [9.17, 15) is 13.5 Å². The van der Waals surface area contributed by atoms with Crippen LogP contribution in [0.1, 0.15) is 19.3 Å². The topological polar surface area (TPSA) is 91.3 Å². The maximum absolute atomic E-state index is 12.7. The molecule has 6 nitrogen and oxygen atoms in total. The lowest BCUT2D eigenvalue weighted by Crippen LogP contribution is -2.38. The van der Waals surface area contributed by atoms with Crippen LogP contribution in [0.4, 0.5) is 0 Å². The predicted octanol–water partition coefficient (Wildman–Crippen LogP) is 3.08. The van der Waals surface area contributed by atoms with Crippen LogP contribution in [0.3, 0.4) is 0 Å². The van der Waals surface area contributed by atoms with Crippen LogP contribution in [0.2, 0.25) is 10.0 Å². The van der Waals surface area contributed by atoms with E-state index >= 15 is 0 Å². The third-order valence-electron chi connectivity index (χ3n) is 5.18. The first-order valence-corrected chi connectivity index (χ1v) is 11.3. The van der Waals surface area contributed by atoms with Crippen LogP contribution in [0.25, 0.3) is 11.3 Å². The van der Waals surface area contributed by atoms with Gasteiger partial charge in [0.15, 0.2) is 0 Å². The monoisotopic (exact) mass is 443 g/mol. The molecule has 1 aliphatic rings. The summed E-state index contributed by atoms with van der Waals surface area (Å²) in [6, 6.07) is 7.89. The first-order chi connectivity index (χ1) is 13.3. The molecule has 0 aliphatic heterocycles. The van der Waals surface area contributed by atoms with Crippen LogP contribution in [-0.2, 0) is 10.0 Å². The Hall–Kier alpha value is -1.22. The number of hydrogen-bond donors (Lipinski definition) is 3. The summed E-state index contributed by atoms with van der Waals surface area (Å²) in [6.45, 7) is 0.0450. The van der Waals surface area contributed by atoms with E-state index in [0.29, 0.717) is 27.7 Å². The molecule has 0 saturated heterocycles. The van der Waals surface area contributed by atoms with Crippen molar-refractivity contribution in [3.63, 3.8) is 0 Å². The van der Waals surface area contributed by atoms with Gasteiger partial charge in [-0.3, -0.25) is 4.98 Å². The zero-order valence-electron chi connectivity index (χ0n) is 15.4. The van der Waals surface area contributed by atoms with Crippen molar-refractivity contribution >= 4 is 33.2 Å². The van der Waals surface area contributed by atoms with Crippen LogP contribution in [0.15, 0.2) is 41.4 Å². The Labute approximate surface area is 175 Å². The van der Waals surface area contributed by atoms with Gasteiger partial charge in [-0.25, -0.2) is 13.1 Å². The molecule has 1 aliphatic carbocycles. The molecule has 0 radical (unpaired) electrons. The molecule has 1 heterocycles. The number of halogens is 2. The van der Waals surface area contributed by atoms with Crippen LogP contribution in [0, 0.1) is 5.92 Å². The molecule has 0 amide bonds. The minimum absolute atomic E-state index is 0.00888. The summed E-state index contributed by atoms with van der Waals surface area (Å²) in [5.74, 6) is 0.253. The Morgan fingerprint density at radius 2 is 1.96 bits per heavy atom. The van der Waals surface area contributed by atoms with Gasteiger partial charge in [0.1, 0.15) is 0 Å². The summed E-state index contributed by atoms with van der Waals surface area (Å²) >= 11 is 12.0. The summed E-state index contributed by atoms with van der Waals surface area (Å²) < 4.78 is 28.2. The van der Waals surface area contributed by atoms with E-state index in [1.807, 2.05) is 7.05 Å². The fraction of sp³-hybridized carbons (Fsp3) is 0.421. The van der Waals surface area contributed by atoms with Gasteiger partial charge in [0.2, 0.25) is 10.0 Å². The quantitative estimate of drug-likeness (QED) is 0.611. The second-order valence-corrected chi connectivity index (χ2v) is 9.54. The number of nitrogens with one attached hydrogen (secondary N) is 2. The largest absolute Gasteiger partial charge is 0.395 e. The number of hydrogen-bond acceptors (Lipinski definition) is 5. The maximum atomic E-state index is 12.7. The Balaban J connectivity index is 1.71. The number of aromatic nitrogens is 1. The minimum Gasteiger partial charge on any atom is -0.395 e. The number of aliphatic hydroxyl groups excluding tert-OH is 1. The van der Waals surface area contributed by atoms with E-state index in [0.717, 1.165) is 12.8 Å². The van der Waals surface area contributed by atoms with E-state index in [-0.39, 0.29) is 29.5 Å². The van der Waals surface area contributed by atoms with Crippen LogP contribution in [0.5, 0.6) is 0 Å². The Bertz CT molecular complexity index is 919. The highest BCUT2D eigenvalue weighted by atomic mass is 35.5. The molecule has 3 rings (SSSR count). The third-order valence-corrected chi connectivity index (χ3v) is 7.21. The molecule has 1 saturated carbocycles. The Morgan fingerprint density at radius 1 is 1.25 bits per heavy atom. The highest BCUT2D eigenvalue weighted by molar-refractivity contribution is 7.89. The number of benzene rings is 1. The fourth-order valence-electron chi connectivity index (χ4n) is 3.67. The maximum Gasteiger partial charge on any atom is 0.240 e. The van der Waals surface area contributed by atoms with Crippen molar-refractivity contribution < 1.29 is 13.5 Å². The summed E-state index contributed by atoms with van der Waals surface area (Å²) in [6.07, 6.45) is 3.83. The molecule has 2 aromatic rings. The zero-order chi connectivity index (χ0) is 20.3. The lowest BCUT2D eigenvalue weighted by molar-refractivity contribution is 0.205. The molecule has 3 atom stereocenters. The lowest BCUT2D eigenvalue weighted by atomic mass is 9.99. The minimum atomic E-state index is -3.63. The number of likely N-dealkylation sites (N-methyl/N-ethyl adjacent to an activating group) is 1. The summed E-state index contributed by atoms with van der Waals surface area (Å²) in [7, 11) is -1.82. The van der Waals surface area contributed by atoms with Crippen molar-refractivity contribution in [2.45, 2.75) is 36.2 Å². The summed E-state index contributed by atoms with van der Waals surface area (Å²) in [5.41, 5.74) is 1.25. The average Bonchev–Trinajstić information content (AvgIpc) is 3.10. The van der Waals surface area contributed by atoms with Crippen LogP contribution in [-0.4, -0.2) is 44.2 Å². The molecule has 1 fully saturated rings. The number of aliphatic hydroxyl groups is 1. The van der Waals surface area contributed by atoms with Crippen molar-refractivity contribution in [3.8, 4) is 11.3 Å². The molecule has 1 aromatic carbocycles. The predicted molar refractivity (Wildman–Crippen MR) is 111 cm³/mol. The van der Waals surface area contributed by atoms with Gasteiger partial charge in [-0.1, -0.05) is 35.3 Å². The van der Waals surface area contributed by atoms with Gasteiger partial charge in [0.05, 0.1) is 27.2 Å². The van der Waals surface area contributed by atoms with Gasteiger partial charge < -0.3 is 10.4 Å². The van der Waals surface area contributed by atoms with Gasteiger partial charge in [0, 0.05) is 23.8 Å². The first-order valence-electron chi connectivity index (χ1n) is 9.06. The molecular formula is C19H23Cl2N3O3S. The molecular weight excluding hydrogens is 421 g/mol. The Morgan fingerprint density at radius 3 is 2.57 bits per heavy atom.